The first kappa shape index (κ1) is 21.5. The minimum atomic E-state index is -0.969. The third-order valence-corrected chi connectivity index (χ3v) is 5.39. The summed E-state index contributed by atoms with van der Waals surface area (Å²) in [5.74, 6) is -2.10. The highest BCUT2D eigenvalue weighted by atomic mass is 35.5. The lowest BCUT2D eigenvalue weighted by Gasteiger charge is -2.21. The molecule has 0 saturated heterocycles. The van der Waals surface area contributed by atoms with Gasteiger partial charge in [-0.05, 0) is 35.4 Å². The van der Waals surface area contributed by atoms with Crippen molar-refractivity contribution >= 4 is 34.2 Å². The molecule has 1 unspecified atom stereocenters. The van der Waals surface area contributed by atoms with E-state index >= 15 is 0 Å². The first-order valence-electron chi connectivity index (χ1n) is 9.82. The van der Waals surface area contributed by atoms with Gasteiger partial charge in [-0.3, -0.25) is 9.59 Å². The van der Waals surface area contributed by atoms with Gasteiger partial charge in [0, 0.05) is 18.4 Å². The summed E-state index contributed by atoms with van der Waals surface area (Å²) in [4.78, 5) is 35.8. The molecule has 2 heterocycles. The fourth-order valence-corrected chi connectivity index (χ4v) is 3.61. The standard InChI is InChI=1S/C23H19ClFN5O2/c1-13-20(29-12-28-13)23(32)27-11-18(16-7-6-14-4-2-3-5-15(14)10-16)30-22(31)19-17(24)8-9-26-21(19)25/h2-10,12,18H,11H2,1H3,(H,27,32)(H,28,29)(H,30,31). The molecule has 4 rings (SSSR count). The third kappa shape index (κ3) is 4.45. The zero-order chi connectivity index (χ0) is 22.7. The van der Waals surface area contributed by atoms with Crippen LogP contribution in [0.2, 0.25) is 5.02 Å². The van der Waals surface area contributed by atoms with Gasteiger partial charge in [-0.25, -0.2) is 9.97 Å². The Morgan fingerprint density at radius 3 is 2.59 bits per heavy atom. The van der Waals surface area contributed by atoms with Gasteiger partial charge < -0.3 is 15.6 Å². The fourth-order valence-electron chi connectivity index (χ4n) is 3.39. The number of amides is 2. The molecule has 0 aliphatic heterocycles. The van der Waals surface area contributed by atoms with E-state index in [1.807, 2.05) is 42.5 Å². The molecule has 7 nitrogen and oxygen atoms in total. The number of nitrogens with zero attached hydrogens (tertiary/aromatic N) is 2. The summed E-state index contributed by atoms with van der Waals surface area (Å²) in [6.07, 6.45) is 2.61. The highest BCUT2D eigenvalue weighted by Crippen LogP contribution is 2.23. The molecular weight excluding hydrogens is 433 g/mol. The predicted octanol–water partition coefficient (Wildman–Crippen LogP) is 3.96. The van der Waals surface area contributed by atoms with Crippen LogP contribution in [0.5, 0.6) is 0 Å². The maximum Gasteiger partial charge on any atom is 0.271 e. The molecule has 0 saturated carbocycles. The third-order valence-electron chi connectivity index (χ3n) is 5.07. The Labute approximate surface area is 188 Å². The van der Waals surface area contributed by atoms with Gasteiger partial charge in [-0.1, -0.05) is 48.0 Å². The van der Waals surface area contributed by atoms with Gasteiger partial charge in [-0.15, -0.1) is 0 Å². The number of halogens is 2. The summed E-state index contributed by atoms with van der Waals surface area (Å²) in [6.45, 7) is 1.78. The van der Waals surface area contributed by atoms with Crippen LogP contribution in [0.1, 0.15) is 38.1 Å². The zero-order valence-corrected chi connectivity index (χ0v) is 17.8. The Morgan fingerprint density at radius 1 is 1.09 bits per heavy atom. The van der Waals surface area contributed by atoms with Crippen LogP contribution in [0, 0.1) is 12.9 Å². The Morgan fingerprint density at radius 2 is 1.88 bits per heavy atom. The number of aromatic amines is 1. The number of nitrogens with one attached hydrogen (secondary N) is 3. The van der Waals surface area contributed by atoms with E-state index in [9.17, 15) is 14.0 Å². The van der Waals surface area contributed by atoms with Crippen molar-refractivity contribution in [2.45, 2.75) is 13.0 Å². The second kappa shape index (κ2) is 9.15. The van der Waals surface area contributed by atoms with Gasteiger partial charge in [0.1, 0.15) is 11.3 Å². The number of hydrogen-bond donors (Lipinski definition) is 3. The van der Waals surface area contributed by atoms with Gasteiger partial charge >= 0.3 is 0 Å². The molecule has 1 atom stereocenters. The number of imidazole rings is 1. The minimum absolute atomic E-state index is 0.0503. The molecule has 0 aliphatic rings. The molecule has 0 fully saturated rings. The van der Waals surface area contributed by atoms with Crippen LogP contribution in [-0.2, 0) is 0 Å². The normalized spacial score (nSPS) is 11.8. The summed E-state index contributed by atoms with van der Waals surface area (Å²) in [5.41, 5.74) is 1.26. The van der Waals surface area contributed by atoms with Crippen molar-refractivity contribution in [1.29, 1.82) is 0 Å². The Kier molecular flexibility index (Phi) is 6.13. The van der Waals surface area contributed by atoms with Gasteiger partial charge in [0.2, 0.25) is 5.95 Å². The zero-order valence-electron chi connectivity index (χ0n) is 17.0. The second-order valence-corrected chi connectivity index (χ2v) is 7.58. The summed E-state index contributed by atoms with van der Waals surface area (Å²) in [5, 5.41) is 7.48. The summed E-state index contributed by atoms with van der Waals surface area (Å²) >= 11 is 6.02. The van der Waals surface area contributed by atoms with Gasteiger partial charge in [0.05, 0.1) is 17.4 Å². The Balaban J connectivity index is 1.63. The van der Waals surface area contributed by atoms with E-state index in [0.29, 0.717) is 5.69 Å². The van der Waals surface area contributed by atoms with E-state index in [1.54, 1.807) is 6.92 Å². The van der Waals surface area contributed by atoms with Gasteiger partial charge in [0.15, 0.2) is 0 Å². The predicted molar refractivity (Wildman–Crippen MR) is 119 cm³/mol. The number of hydrogen-bond acceptors (Lipinski definition) is 4. The summed E-state index contributed by atoms with van der Waals surface area (Å²) in [6, 6.07) is 14.1. The Bertz CT molecular complexity index is 1290. The van der Waals surface area contributed by atoms with Crippen LogP contribution < -0.4 is 10.6 Å². The molecule has 2 aromatic heterocycles. The molecule has 2 aromatic carbocycles. The van der Waals surface area contributed by atoms with Crippen LogP contribution in [-0.4, -0.2) is 33.3 Å². The number of benzene rings is 2. The van der Waals surface area contributed by atoms with Crippen molar-refractivity contribution in [2.75, 3.05) is 6.54 Å². The van der Waals surface area contributed by atoms with Crippen molar-refractivity contribution < 1.29 is 14.0 Å². The highest BCUT2D eigenvalue weighted by Gasteiger charge is 2.23. The first-order chi connectivity index (χ1) is 15.4. The van der Waals surface area contributed by atoms with Crippen molar-refractivity contribution in [1.82, 2.24) is 25.6 Å². The molecule has 32 heavy (non-hydrogen) atoms. The fraction of sp³-hybridized carbons (Fsp3) is 0.130. The van der Waals surface area contributed by atoms with Gasteiger partial charge in [0.25, 0.3) is 11.8 Å². The van der Waals surface area contributed by atoms with Crippen LogP contribution in [0.4, 0.5) is 4.39 Å². The highest BCUT2D eigenvalue weighted by molar-refractivity contribution is 6.33. The summed E-state index contributed by atoms with van der Waals surface area (Å²) < 4.78 is 14.2. The quantitative estimate of drug-likeness (QED) is 0.386. The van der Waals surface area contributed by atoms with E-state index in [-0.39, 0.29) is 22.8 Å². The summed E-state index contributed by atoms with van der Waals surface area (Å²) in [7, 11) is 0. The topological polar surface area (TPSA) is 99.8 Å². The number of carbonyl (C=O) groups excluding carboxylic acids is 2. The van der Waals surface area contributed by atoms with Crippen molar-refractivity contribution in [3.05, 3.63) is 94.5 Å². The van der Waals surface area contributed by atoms with E-state index in [0.717, 1.165) is 16.3 Å². The smallest absolute Gasteiger partial charge is 0.271 e. The van der Waals surface area contributed by atoms with E-state index < -0.39 is 23.8 Å². The second-order valence-electron chi connectivity index (χ2n) is 7.18. The average molecular weight is 452 g/mol. The number of H-pyrrole nitrogens is 1. The largest absolute Gasteiger partial charge is 0.348 e. The van der Waals surface area contributed by atoms with E-state index in [4.69, 9.17) is 11.6 Å². The minimum Gasteiger partial charge on any atom is -0.348 e. The molecule has 0 aliphatic carbocycles. The number of pyridine rings is 1. The van der Waals surface area contributed by atoms with Crippen molar-refractivity contribution in [3.8, 4) is 0 Å². The van der Waals surface area contributed by atoms with Crippen LogP contribution in [0.15, 0.2) is 61.1 Å². The number of carbonyl (C=O) groups is 2. The molecule has 0 spiro atoms. The lowest BCUT2D eigenvalue weighted by atomic mass is 10.0. The number of aryl methyl sites for hydroxylation is 1. The number of fused-ring (bicyclic) bond motifs is 1. The van der Waals surface area contributed by atoms with Crippen LogP contribution in [0.3, 0.4) is 0 Å². The molecule has 0 radical (unpaired) electrons. The van der Waals surface area contributed by atoms with Crippen molar-refractivity contribution in [2.24, 2.45) is 0 Å². The van der Waals surface area contributed by atoms with E-state index in [2.05, 4.69) is 25.6 Å². The molecule has 2 amide bonds. The lowest BCUT2D eigenvalue weighted by Crippen LogP contribution is -2.38. The monoisotopic (exact) mass is 451 g/mol. The molecule has 162 valence electrons. The lowest BCUT2D eigenvalue weighted by molar-refractivity contribution is 0.0903. The molecule has 3 N–H and O–H groups in total. The SMILES string of the molecule is Cc1[nH]cnc1C(=O)NCC(NC(=O)c1c(Cl)ccnc1F)c1ccc2ccccc2c1. The molecule has 4 aromatic rings. The first-order valence-corrected chi connectivity index (χ1v) is 10.2. The van der Waals surface area contributed by atoms with Crippen molar-refractivity contribution in [3.63, 3.8) is 0 Å². The molecular formula is C23H19ClFN5O2. The average Bonchev–Trinajstić information content (AvgIpc) is 3.22. The number of aromatic nitrogens is 3. The van der Waals surface area contributed by atoms with Crippen LogP contribution >= 0.6 is 11.6 Å². The number of rotatable bonds is 6. The molecule has 0 bridgehead atoms. The van der Waals surface area contributed by atoms with Crippen LogP contribution in [0.25, 0.3) is 10.8 Å². The maximum absolute atomic E-state index is 14.2. The molecule has 9 heteroatoms. The Hall–Kier alpha value is -3.78. The van der Waals surface area contributed by atoms with Gasteiger partial charge in [-0.2, -0.15) is 4.39 Å². The maximum atomic E-state index is 14.2. The van der Waals surface area contributed by atoms with E-state index in [1.165, 1.54) is 18.6 Å².